The molecule has 4 aromatic rings. The highest BCUT2D eigenvalue weighted by molar-refractivity contribution is 7.87. The molecule has 82 heavy (non-hydrogen) atoms. The third-order valence-electron chi connectivity index (χ3n) is 14.6. The Morgan fingerprint density at radius 1 is 0.622 bits per heavy atom. The summed E-state index contributed by atoms with van der Waals surface area (Å²) >= 11 is 0. The van der Waals surface area contributed by atoms with Crippen molar-refractivity contribution in [3.8, 4) is 0 Å². The summed E-state index contributed by atoms with van der Waals surface area (Å²) in [5.74, 6) is -1.23. The molecule has 0 saturated heterocycles. The number of unbranched alkanes of at least 4 members (excludes halogenated alkanes) is 2. The van der Waals surface area contributed by atoms with Crippen molar-refractivity contribution >= 4 is 96.8 Å². The molecule has 0 fully saturated rings. The van der Waals surface area contributed by atoms with Gasteiger partial charge in [-0.25, -0.2) is 0 Å². The number of hydrogen-bond acceptors (Lipinski definition) is 17. The minimum Gasteiger partial charge on any atom is -0.382 e. The predicted octanol–water partition coefficient (Wildman–Crippen LogP) is 4.91. The van der Waals surface area contributed by atoms with Crippen molar-refractivity contribution in [3.63, 3.8) is 0 Å². The highest BCUT2D eigenvalue weighted by Gasteiger charge is 2.50. The van der Waals surface area contributed by atoms with Gasteiger partial charge in [0.25, 0.3) is 52.3 Å². The average molecular weight is 1220 g/mol. The number of imide groups is 1. The first-order valence-corrected chi connectivity index (χ1v) is 31.8. The molecule has 24 nitrogen and oxygen atoms in total. The van der Waals surface area contributed by atoms with Crippen LogP contribution in [0.2, 0.25) is 0 Å². The molecule has 0 bridgehead atoms. The summed E-state index contributed by atoms with van der Waals surface area (Å²) in [6.45, 7) is 7.95. The fraction of sp³-hybridized carbons (Fsp3) is 0.444. The van der Waals surface area contributed by atoms with Crippen molar-refractivity contribution in [1.29, 1.82) is 0 Å². The number of nitrogens with zero attached hydrogens (tertiary/aromatic N) is 3. The third kappa shape index (κ3) is 14.2. The van der Waals surface area contributed by atoms with Crippen LogP contribution in [0.1, 0.15) is 64.0 Å². The van der Waals surface area contributed by atoms with Crippen LogP contribution in [0, 0.1) is 0 Å². The summed E-state index contributed by atoms with van der Waals surface area (Å²) < 4.78 is 174. The van der Waals surface area contributed by atoms with Gasteiger partial charge in [0.15, 0.2) is 12.3 Å². The van der Waals surface area contributed by atoms with E-state index in [2.05, 4.69) is 5.32 Å². The Hall–Kier alpha value is -5.86. The zero-order valence-corrected chi connectivity index (χ0v) is 49.1. The van der Waals surface area contributed by atoms with Crippen LogP contribution in [0.5, 0.6) is 0 Å². The van der Waals surface area contributed by atoms with Crippen LogP contribution in [-0.2, 0) is 89.4 Å². The lowest BCUT2D eigenvalue weighted by Gasteiger charge is -2.27. The smallest absolute Gasteiger partial charge is 0.295 e. The van der Waals surface area contributed by atoms with Gasteiger partial charge in [-0.05, 0) is 78.9 Å². The molecule has 0 spiro atoms. The number of ether oxygens (including phenoxy) is 5. The monoisotopic (exact) mass is 1220 g/mol. The van der Waals surface area contributed by atoms with Crippen molar-refractivity contribution in [1.82, 2.24) is 10.2 Å². The molecule has 3 aliphatic rings. The second-order valence-electron chi connectivity index (χ2n) is 20.3. The number of benzene rings is 4. The maximum Gasteiger partial charge on any atom is 0.295 e. The number of fused-ring (bicyclic) bond motifs is 6. The summed E-state index contributed by atoms with van der Waals surface area (Å²) in [7, 11) is -16.9. The molecule has 3 heterocycles. The highest BCUT2D eigenvalue weighted by atomic mass is 32.2. The van der Waals surface area contributed by atoms with Gasteiger partial charge in [0.1, 0.15) is 16.4 Å². The minimum atomic E-state index is -5.07. The van der Waals surface area contributed by atoms with Gasteiger partial charge in [0.2, 0.25) is 11.6 Å². The second kappa shape index (κ2) is 26.0. The predicted molar refractivity (Wildman–Crippen MR) is 300 cm³/mol. The Kier molecular flexibility index (Phi) is 20.2. The second-order valence-corrected chi connectivity index (χ2v) is 25.9. The van der Waals surface area contributed by atoms with Crippen molar-refractivity contribution < 1.29 is 94.5 Å². The fourth-order valence-electron chi connectivity index (χ4n) is 10.7. The number of amides is 3. The lowest BCUT2D eigenvalue weighted by molar-refractivity contribution is -0.441. The molecule has 4 aromatic carbocycles. The maximum absolute atomic E-state index is 13.2. The first-order valence-electron chi connectivity index (χ1n) is 26.0. The highest BCUT2D eigenvalue weighted by Crippen LogP contribution is 2.53. The van der Waals surface area contributed by atoms with E-state index in [0.29, 0.717) is 86.5 Å². The number of allylic oxidation sites excluding steroid dienone is 4. The van der Waals surface area contributed by atoms with E-state index in [1.54, 1.807) is 36.0 Å². The van der Waals surface area contributed by atoms with Gasteiger partial charge < -0.3 is 33.9 Å². The number of carbonyl (C=O) groups is 3. The largest absolute Gasteiger partial charge is 0.382 e. The van der Waals surface area contributed by atoms with Gasteiger partial charge in [-0.15, -0.1) is 0 Å². The van der Waals surface area contributed by atoms with Crippen LogP contribution < -0.4 is 10.2 Å². The quantitative estimate of drug-likeness (QED) is 0.0200. The minimum absolute atomic E-state index is 0.00843. The summed E-state index contributed by atoms with van der Waals surface area (Å²) in [5, 5.41) is 2.85. The zero-order chi connectivity index (χ0) is 60.0. The van der Waals surface area contributed by atoms with Crippen molar-refractivity contribution in [2.24, 2.45) is 0 Å². The lowest BCUT2D eigenvalue weighted by atomic mass is 9.74. The van der Waals surface area contributed by atoms with E-state index in [1.807, 2.05) is 25.7 Å². The van der Waals surface area contributed by atoms with Gasteiger partial charge in [0, 0.05) is 104 Å². The molecule has 3 amide bonds. The van der Waals surface area contributed by atoms with Gasteiger partial charge in [-0.1, -0.05) is 38.5 Å². The van der Waals surface area contributed by atoms with E-state index in [0.717, 1.165) is 35.3 Å². The van der Waals surface area contributed by atoms with Crippen LogP contribution in [-0.4, -0.2) is 178 Å². The standard InChI is InChI=1S/C54H66N4O20S4/c1-53(2)46(56(21-8-6-7-12-48(59)55-20-22-58-49(60)17-18-50(58)61)42-16-15-39-40(51(42)53)33-37(80(65,66)67)34-44(39)81(68,69)70)10-9-11-47-54(3,19-24-76-28-29-78-31-30-77-27-26-75-5)52-41-32-36(79(62,63)64)13-14-38(41)45(82(71,72)73)35-43(52)57(47)23-25-74-4/h9-11,13-18,32-35H,6-8,12,19-31H2,1-5H3,(H4-,55,59,62,63,64,65,66,67,68,69,70,71,72,73)/p+1. The van der Waals surface area contributed by atoms with Crippen LogP contribution in [0.15, 0.2) is 104 Å². The molecule has 0 saturated carbocycles. The number of rotatable bonds is 30. The molecule has 7 rings (SSSR count). The molecule has 0 aliphatic carbocycles. The number of anilines is 1. The van der Waals surface area contributed by atoms with Crippen LogP contribution in [0.4, 0.5) is 11.4 Å². The van der Waals surface area contributed by atoms with E-state index in [9.17, 15) is 66.3 Å². The third-order valence-corrected chi connectivity index (χ3v) is 18.1. The zero-order valence-electron chi connectivity index (χ0n) is 45.8. The van der Waals surface area contributed by atoms with Crippen LogP contribution in [0.3, 0.4) is 0 Å². The molecule has 0 radical (unpaired) electrons. The maximum atomic E-state index is 13.2. The van der Waals surface area contributed by atoms with Crippen molar-refractivity contribution in [3.05, 3.63) is 95.7 Å². The van der Waals surface area contributed by atoms with Crippen molar-refractivity contribution in [2.45, 2.75) is 83.3 Å². The number of carbonyl (C=O) groups excluding carboxylic acids is 3. The summed E-state index contributed by atoms with van der Waals surface area (Å²) in [6, 6.07) is 9.54. The average Bonchev–Trinajstić information content (AvgIpc) is 1.71. The fourth-order valence-corrected chi connectivity index (χ4v) is 13.3. The molecule has 446 valence electrons. The number of methoxy groups -OCH3 is 2. The van der Waals surface area contributed by atoms with E-state index in [1.165, 1.54) is 25.3 Å². The molecule has 3 aliphatic heterocycles. The molecule has 1 atom stereocenters. The SMILES string of the molecule is COCCOCCOCCOCCC1(C)C(/C=C/C=C2/N(CCCCCC(=O)NCCN3C(=O)C=CC3=O)c3ccc4c(S(=O)(=O)O)cc(S(=O)(=O)O)cc4c3C2(C)C)=[N+](CCOC)c2cc(S(=O)(=O)O)c3ccc(S(=O)(=O)O)cc3c21. The van der Waals surface area contributed by atoms with Crippen LogP contribution in [0.25, 0.3) is 21.5 Å². The summed E-state index contributed by atoms with van der Waals surface area (Å²) in [5.41, 5.74) is 0.520. The molecule has 5 N–H and O–H groups in total. The van der Waals surface area contributed by atoms with Crippen LogP contribution >= 0.6 is 0 Å². The first kappa shape index (κ1) is 63.7. The van der Waals surface area contributed by atoms with E-state index in [-0.39, 0.29) is 92.0 Å². The number of nitrogens with one attached hydrogen (secondary N) is 1. The topological polar surface area (TPSA) is 336 Å². The van der Waals surface area contributed by atoms with Gasteiger partial charge in [-0.2, -0.15) is 38.2 Å². The molecular weight excluding hydrogens is 1150 g/mol. The first-order chi connectivity index (χ1) is 38.5. The molecule has 1 unspecified atom stereocenters. The lowest BCUT2D eigenvalue weighted by Crippen LogP contribution is -2.38. The van der Waals surface area contributed by atoms with E-state index < -0.39 is 82.7 Å². The van der Waals surface area contributed by atoms with Gasteiger partial charge in [-0.3, -0.25) is 37.5 Å². The Bertz CT molecular complexity index is 3730. The normalized spacial score (nSPS) is 17.9. The Balaban J connectivity index is 1.30. The van der Waals surface area contributed by atoms with Crippen molar-refractivity contribution in [2.75, 3.05) is 98.2 Å². The summed E-state index contributed by atoms with van der Waals surface area (Å²) in [6.07, 6.45) is 9.33. The van der Waals surface area contributed by atoms with Gasteiger partial charge >= 0.3 is 0 Å². The molecular formula is C54H67N4O20S4+. The molecule has 28 heteroatoms. The van der Waals surface area contributed by atoms with Gasteiger partial charge in [0.05, 0.1) is 54.8 Å². The Labute approximate surface area is 476 Å². The van der Waals surface area contributed by atoms with E-state index in [4.69, 9.17) is 23.7 Å². The number of hydrogen-bond donors (Lipinski definition) is 5. The summed E-state index contributed by atoms with van der Waals surface area (Å²) in [4.78, 5) is 37.0. The Morgan fingerprint density at radius 2 is 1.18 bits per heavy atom. The Morgan fingerprint density at radius 3 is 1.78 bits per heavy atom. The van der Waals surface area contributed by atoms with E-state index >= 15 is 0 Å². The molecule has 0 aromatic heterocycles.